The van der Waals surface area contributed by atoms with Crippen LogP contribution in [0.4, 0.5) is 0 Å². The van der Waals surface area contributed by atoms with Crippen molar-refractivity contribution in [2.45, 2.75) is 13.3 Å². The molecule has 1 saturated heterocycles. The van der Waals surface area contributed by atoms with Crippen molar-refractivity contribution in [2.75, 3.05) is 13.1 Å². The number of carboxylic acids is 1. The Morgan fingerprint density at radius 3 is 2.70 bits per heavy atom. The second-order valence-corrected chi connectivity index (χ2v) is 6.85. The molecule has 2 unspecified atom stereocenters. The summed E-state index contributed by atoms with van der Waals surface area (Å²) < 4.78 is 0. The molecule has 0 radical (unpaired) electrons. The first-order valence-electron chi connectivity index (χ1n) is 7.57. The number of aromatic nitrogens is 1. The summed E-state index contributed by atoms with van der Waals surface area (Å²) >= 11 is 1.43. The molecule has 1 amide bonds. The zero-order valence-corrected chi connectivity index (χ0v) is 13.6. The minimum absolute atomic E-state index is 0.179. The molecule has 120 valence electrons. The molecule has 1 N–H and O–H groups in total. The van der Waals surface area contributed by atoms with Crippen molar-refractivity contribution < 1.29 is 14.7 Å². The molecule has 3 rings (SSSR count). The summed E-state index contributed by atoms with van der Waals surface area (Å²) in [6.07, 6.45) is 0.617. The highest BCUT2D eigenvalue weighted by atomic mass is 32.1. The molecule has 1 aromatic heterocycles. The van der Waals surface area contributed by atoms with Gasteiger partial charge in [0.1, 0.15) is 10.7 Å². The first-order chi connectivity index (χ1) is 11.0. The van der Waals surface area contributed by atoms with E-state index in [2.05, 4.69) is 4.98 Å². The molecule has 0 spiro atoms. The third-order valence-corrected chi connectivity index (χ3v) is 4.93. The Kier molecular flexibility index (Phi) is 4.43. The van der Waals surface area contributed by atoms with E-state index >= 15 is 0 Å². The zero-order chi connectivity index (χ0) is 16.4. The lowest BCUT2D eigenvalue weighted by atomic mass is 9.90. The van der Waals surface area contributed by atoms with E-state index in [9.17, 15) is 14.7 Å². The topological polar surface area (TPSA) is 70.5 Å². The molecular weight excluding hydrogens is 312 g/mol. The molecule has 2 heterocycles. The predicted molar refractivity (Wildman–Crippen MR) is 88.4 cm³/mol. The fourth-order valence-corrected chi connectivity index (χ4v) is 3.74. The van der Waals surface area contributed by atoms with Gasteiger partial charge in [0.2, 0.25) is 0 Å². The Morgan fingerprint density at radius 1 is 1.26 bits per heavy atom. The maximum absolute atomic E-state index is 12.6. The van der Waals surface area contributed by atoms with Crippen LogP contribution in [0, 0.1) is 11.8 Å². The summed E-state index contributed by atoms with van der Waals surface area (Å²) in [5.41, 5.74) is 1.37. The Bertz CT molecular complexity index is 714. The van der Waals surface area contributed by atoms with E-state index in [0.29, 0.717) is 18.7 Å². The van der Waals surface area contributed by atoms with Crippen LogP contribution < -0.4 is 0 Å². The van der Waals surface area contributed by atoms with Gasteiger partial charge in [-0.15, -0.1) is 11.3 Å². The first-order valence-corrected chi connectivity index (χ1v) is 8.45. The van der Waals surface area contributed by atoms with Gasteiger partial charge >= 0.3 is 5.97 Å². The lowest BCUT2D eigenvalue weighted by molar-refractivity contribution is -0.143. The van der Waals surface area contributed by atoms with Gasteiger partial charge in [0, 0.05) is 24.0 Å². The summed E-state index contributed by atoms with van der Waals surface area (Å²) in [5.74, 6) is -1.32. The van der Waals surface area contributed by atoms with Crippen LogP contribution in [-0.2, 0) is 4.79 Å². The fraction of sp³-hybridized carbons (Fsp3) is 0.353. The average molecular weight is 330 g/mol. The molecule has 0 aliphatic carbocycles. The number of aliphatic carboxylic acids is 1. The summed E-state index contributed by atoms with van der Waals surface area (Å²) in [4.78, 5) is 29.9. The molecule has 1 fully saturated rings. The number of hydrogen-bond acceptors (Lipinski definition) is 4. The third kappa shape index (κ3) is 3.42. The van der Waals surface area contributed by atoms with Crippen LogP contribution in [0.2, 0.25) is 0 Å². The number of thiazole rings is 1. The van der Waals surface area contributed by atoms with Crippen LogP contribution >= 0.6 is 11.3 Å². The van der Waals surface area contributed by atoms with Gasteiger partial charge in [-0.05, 0) is 12.3 Å². The molecule has 0 bridgehead atoms. The van der Waals surface area contributed by atoms with Gasteiger partial charge in [-0.1, -0.05) is 37.3 Å². The zero-order valence-electron chi connectivity index (χ0n) is 12.8. The maximum atomic E-state index is 12.6. The van der Waals surface area contributed by atoms with Gasteiger partial charge in [-0.25, -0.2) is 4.98 Å². The monoisotopic (exact) mass is 330 g/mol. The number of hydrogen-bond donors (Lipinski definition) is 1. The summed E-state index contributed by atoms with van der Waals surface area (Å²) in [5, 5.41) is 11.8. The smallest absolute Gasteiger partial charge is 0.308 e. The summed E-state index contributed by atoms with van der Waals surface area (Å²) in [7, 11) is 0. The first kappa shape index (κ1) is 15.7. The molecule has 2 atom stereocenters. The number of rotatable bonds is 3. The minimum atomic E-state index is -0.836. The maximum Gasteiger partial charge on any atom is 0.308 e. The standard InChI is InChI=1S/C17H18N2O3S/c1-11-7-13(17(21)22)9-19(8-11)16(20)14-10-23-15(18-14)12-5-3-2-4-6-12/h2-6,10-11,13H,7-9H2,1H3,(H,21,22). The molecule has 5 nitrogen and oxygen atoms in total. The van der Waals surface area contributed by atoms with E-state index in [-0.39, 0.29) is 18.4 Å². The van der Waals surface area contributed by atoms with Crippen LogP contribution in [-0.4, -0.2) is 40.0 Å². The molecule has 1 aliphatic rings. The second kappa shape index (κ2) is 6.50. The number of carbonyl (C=O) groups excluding carboxylic acids is 1. The SMILES string of the molecule is CC1CC(C(=O)O)CN(C(=O)c2csc(-c3ccccc3)n2)C1. The van der Waals surface area contributed by atoms with Crippen LogP contribution in [0.15, 0.2) is 35.7 Å². The van der Waals surface area contributed by atoms with E-state index in [1.54, 1.807) is 10.3 Å². The normalized spacial score (nSPS) is 21.2. The Morgan fingerprint density at radius 2 is 2.00 bits per heavy atom. The molecule has 1 aliphatic heterocycles. The lowest BCUT2D eigenvalue weighted by Gasteiger charge is -2.34. The van der Waals surface area contributed by atoms with Crippen LogP contribution in [0.3, 0.4) is 0 Å². The van der Waals surface area contributed by atoms with Crippen molar-refractivity contribution in [3.8, 4) is 10.6 Å². The van der Waals surface area contributed by atoms with Crippen LogP contribution in [0.1, 0.15) is 23.8 Å². The highest BCUT2D eigenvalue weighted by Crippen LogP contribution is 2.26. The number of likely N-dealkylation sites (tertiary alicyclic amines) is 1. The molecule has 6 heteroatoms. The fourth-order valence-electron chi connectivity index (χ4n) is 2.94. The van der Waals surface area contributed by atoms with Gasteiger partial charge in [0.25, 0.3) is 5.91 Å². The Hall–Kier alpha value is -2.21. The lowest BCUT2D eigenvalue weighted by Crippen LogP contribution is -2.45. The summed E-state index contributed by atoms with van der Waals surface area (Å²) in [6, 6.07) is 9.71. The number of carbonyl (C=O) groups is 2. The Labute approximate surface area is 138 Å². The molecule has 23 heavy (non-hydrogen) atoms. The van der Waals surface area contributed by atoms with E-state index in [0.717, 1.165) is 10.6 Å². The van der Waals surface area contributed by atoms with E-state index < -0.39 is 11.9 Å². The molecule has 1 aromatic carbocycles. The minimum Gasteiger partial charge on any atom is -0.481 e. The van der Waals surface area contributed by atoms with E-state index in [4.69, 9.17) is 0 Å². The number of piperidine rings is 1. The Balaban J connectivity index is 1.78. The highest BCUT2D eigenvalue weighted by molar-refractivity contribution is 7.13. The van der Waals surface area contributed by atoms with Gasteiger partial charge in [0.05, 0.1) is 5.92 Å². The van der Waals surface area contributed by atoms with Gasteiger partial charge in [0.15, 0.2) is 0 Å². The van der Waals surface area contributed by atoms with E-state index in [1.165, 1.54) is 11.3 Å². The largest absolute Gasteiger partial charge is 0.481 e. The number of amides is 1. The molecule has 2 aromatic rings. The van der Waals surface area contributed by atoms with Gasteiger partial charge < -0.3 is 10.0 Å². The van der Waals surface area contributed by atoms with Gasteiger partial charge in [-0.3, -0.25) is 9.59 Å². The van der Waals surface area contributed by atoms with Crippen molar-refractivity contribution >= 4 is 23.2 Å². The van der Waals surface area contributed by atoms with Crippen LogP contribution in [0.25, 0.3) is 10.6 Å². The van der Waals surface area contributed by atoms with Crippen molar-refractivity contribution in [1.29, 1.82) is 0 Å². The molecule has 0 saturated carbocycles. The van der Waals surface area contributed by atoms with Crippen LogP contribution in [0.5, 0.6) is 0 Å². The van der Waals surface area contributed by atoms with Crippen molar-refractivity contribution in [3.05, 3.63) is 41.4 Å². The van der Waals surface area contributed by atoms with Gasteiger partial charge in [-0.2, -0.15) is 0 Å². The number of benzene rings is 1. The van der Waals surface area contributed by atoms with Crippen molar-refractivity contribution in [2.24, 2.45) is 11.8 Å². The van der Waals surface area contributed by atoms with Crippen molar-refractivity contribution in [3.63, 3.8) is 0 Å². The summed E-state index contributed by atoms with van der Waals surface area (Å²) in [6.45, 7) is 2.82. The highest BCUT2D eigenvalue weighted by Gasteiger charge is 2.33. The van der Waals surface area contributed by atoms with Crippen molar-refractivity contribution in [1.82, 2.24) is 9.88 Å². The van der Waals surface area contributed by atoms with E-state index in [1.807, 2.05) is 37.3 Å². The number of nitrogens with zero attached hydrogens (tertiary/aromatic N) is 2. The number of carboxylic acid groups (broad SMARTS) is 1. The molecular formula is C17H18N2O3S. The second-order valence-electron chi connectivity index (χ2n) is 5.99. The third-order valence-electron chi connectivity index (χ3n) is 4.04. The average Bonchev–Trinajstić information content (AvgIpc) is 3.04. The quantitative estimate of drug-likeness (QED) is 0.939. The predicted octanol–water partition coefficient (Wildman–Crippen LogP) is 2.99.